The summed E-state index contributed by atoms with van der Waals surface area (Å²) in [7, 11) is 0. The first-order valence-corrected chi connectivity index (χ1v) is 4.87. The summed E-state index contributed by atoms with van der Waals surface area (Å²) in [5.74, 6) is 0. The number of hydrogen-bond donors (Lipinski definition) is 2. The van der Waals surface area contributed by atoms with Crippen molar-refractivity contribution >= 4 is 5.69 Å². The van der Waals surface area contributed by atoms with Gasteiger partial charge in [0, 0.05) is 18.8 Å². The number of anilines is 1. The maximum absolute atomic E-state index is 9.45. The fourth-order valence-corrected chi connectivity index (χ4v) is 1.10. The third kappa shape index (κ3) is 4.25. The molecule has 3 nitrogen and oxygen atoms in total. The molecule has 1 atom stereocenters. The largest absolute Gasteiger partial charge is 0.389 e. The Labute approximate surface area is 84.7 Å². The number of ether oxygens (including phenoxy) is 1. The average Bonchev–Trinajstić information content (AvgIpc) is 2.25. The molecule has 78 valence electrons. The minimum absolute atomic E-state index is 0.385. The number of hydrogen-bond acceptors (Lipinski definition) is 3. The highest BCUT2D eigenvalue weighted by molar-refractivity contribution is 5.42. The van der Waals surface area contributed by atoms with Crippen LogP contribution < -0.4 is 5.32 Å². The van der Waals surface area contributed by atoms with E-state index in [1.54, 1.807) is 0 Å². The summed E-state index contributed by atoms with van der Waals surface area (Å²) >= 11 is 0. The van der Waals surface area contributed by atoms with E-state index >= 15 is 0 Å². The second kappa shape index (κ2) is 6.40. The van der Waals surface area contributed by atoms with Gasteiger partial charge in [0.2, 0.25) is 0 Å². The first-order chi connectivity index (χ1) is 6.83. The van der Waals surface area contributed by atoms with E-state index in [4.69, 9.17) is 4.74 Å². The average molecular weight is 195 g/mol. The van der Waals surface area contributed by atoms with Gasteiger partial charge in [-0.1, -0.05) is 18.2 Å². The zero-order chi connectivity index (χ0) is 10.2. The molecule has 0 radical (unpaired) electrons. The lowest BCUT2D eigenvalue weighted by molar-refractivity contribution is 0.0496. The van der Waals surface area contributed by atoms with Crippen LogP contribution in [0.15, 0.2) is 30.3 Å². The summed E-state index contributed by atoms with van der Waals surface area (Å²) in [6, 6.07) is 9.80. The number of benzene rings is 1. The van der Waals surface area contributed by atoms with Crippen LogP contribution in [-0.2, 0) is 4.74 Å². The van der Waals surface area contributed by atoms with Crippen molar-refractivity contribution in [2.24, 2.45) is 0 Å². The first kappa shape index (κ1) is 11.0. The standard InChI is InChI=1S/C11H17NO2/c1-2-14-9-11(13)8-12-10-6-4-3-5-7-10/h3-7,11-13H,2,8-9H2,1H3/t11-/m0/s1. The number of para-hydroxylation sites is 1. The second-order valence-electron chi connectivity index (χ2n) is 3.06. The van der Waals surface area contributed by atoms with Gasteiger partial charge in [0.25, 0.3) is 0 Å². The van der Waals surface area contributed by atoms with E-state index in [-0.39, 0.29) is 0 Å². The summed E-state index contributed by atoms with van der Waals surface area (Å²) in [6.45, 7) is 3.46. The number of nitrogens with one attached hydrogen (secondary N) is 1. The first-order valence-electron chi connectivity index (χ1n) is 4.87. The Morgan fingerprint density at radius 2 is 2.07 bits per heavy atom. The van der Waals surface area contributed by atoms with Crippen molar-refractivity contribution in [3.63, 3.8) is 0 Å². The van der Waals surface area contributed by atoms with Crippen LogP contribution >= 0.6 is 0 Å². The molecule has 0 aliphatic carbocycles. The van der Waals surface area contributed by atoms with E-state index in [1.807, 2.05) is 37.3 Å². The van der Waals surface area contributed by atoms with E-state index in [0.29, 0.717) is 19.8 Å². The van der Waals surface area contributed by atoms with E-state index in [0.717, 1.165) is 5.69 Å². The van der Waals surface area contributed by atoms with Crippen LogP contribution in [0.4, 0.5) is 5.69 Å². The molecule has 1 aromatic rings. The van der Waals surface area contributed by atoms with E-state index in [2.05, 4.69) is 5.32 Å². The van der Waals surface area contributed by atoms with Gasteiger partial charge in [-0.25, -0.2) is 0 Å². The quantitative estimate of drug-likeness (QED) is 0.722. The molecule has 0 aromatic heterocycles. The van der Waals surface area contributed by atoms with Gasteiger partial charge in [-0.2, -0.15) is 0 Å². The van der Waals surface area contributed by atoms with Crippen molar-refractivity contribution in [1.29, 1.82) is 0 Å². The third-order valence-corrected chi connectivity index (χ3v) is 1.83. The summed E-state index contributed by atoms with van der Waals surface area (Å²) in [5.41, 5.74) is 1.02. The normalized spacial score (nSPS) is 12.4. The van der Waals surface area contributed by atoms with Crippen LogP contribution in [0.3, 0.4) is 0 Å². The van der Waals surface area contributed by atoms with Crippen LogP contribution in [0.2, 0.25) is 0 Å². The summed E-state index contributed by atoms with van der Waals surface area (Å²) < 4.78 is 5.09. The highest BCUT2D eigenvalue weighted by atomic mass is 16.5. The predicted octanol–water partition coefficient (Wildman–Crippen LogP) is 1.50. The SMILES string of the molecule is CCOC[C@@H](O)CNc1ccccc1. The lowest BCUT2D eigenvalue weighted by atomic mass is 10.3. The molecular formula is C11H17NO2. The maximum Gasteiger partial charge on any atom is 0.0945 e. The maximum atomic E-state index is 9.45. The van der Waals surface area contributed by atoms with Crippen molar-refractivity contribution in [2.45, 2.75) is 13.0 Å². The van der Waals surface area contributed by atoms with Gasteiger partial charge in [-0.05, 0) is 19.1 Å². The molecule has 2 N–H and O–H groups in total. The van der Waals surface area contributed by atoms with E-state index < -0.39 is 6.10 Å². The highest BCUT2D eigenvalue weighted by Gasteiger charge is 2.02. The van der Waals surface area contributed by atoms with E-state index in [1.165, 1.54) is 0 Å². The molecule has 0 heterocycles. The Kier molecular flexibility index (Phi) is 5.04. The molecule has 3 heteroatoms. The van der Waals surface area contributed by atoms with Gasteiger partial charge in [0.1, 0.15) is 0 Å². The van der Waals surface area contributed by atoms with Gasteiger partial charge in [0.15, 0.2) is 0 Å². The molecule has 0 amide bonds. The van der Waals surface area contributed by atoms with Crippen LogP contribution in [0, 0.1) is 0 Å². The van der Waals surface area contributed by atoms with Crippen molar-refractivity contribution < 1.29 is 9.84 Å². The highest BCUT2D eigenvalue weighted by Crippen LogP contribution is 2.04. The smallest absolute Gasteiger partial charge is 0.0945 e. The number of rotatable bonds is 6. The topological polar surface area (TPSA) is 41.5 Å². The zero-order valence-corrected chi connectivity index (χ0v) is 8.44. The van der Waals surface area contributed by atoms with Gasteiger partial charge in [-0.3, -0.25) is 0 Å². The Balaban J connectivity index is 2.20. The third-order valence-electron chi connectivity index (χ3n) is 1.83. The molecule has 0 unspecified atom stereocenters. The Morgan fingerprint density at radius 3 is 2.71 bits per heavy atom. The Hall–Kier alpha value is -1.06. The molecule has 0 spiro atoms. The summed E-state index contributed by atoms with van der Waals surface area (Å²) in [4.78, 5) is 0. The fraction of sp³-hybridized carbons (Fsp3) is 0.455. The molecule has 0 aliphatic rings. The summed E-state index contributed by atoms with van der Waals surface area (Å²) in [6.07, 6.45) is -0.449. The monoisotopic (exact) mass is 195 g/mol. The Morgan fingerprint density at radius 1 is 1.36 bits per heavy atom. The van der Waals surface area contributed by atoms with Crippen molar-refractivity contribution in [1.82, 2.24) is 0 Å². The minimum Gasteiger partial charge on any atom is -0.389 e. The van der Waals surface area contributed by atoms with Crippen molar-refractivity contribution in [2.75, 3.05) is 25.1 Å². The second-order valence-corrected chi connectivity index (χ2v) is 3.06. The molecule has 0 fully saturated rings. The molecule has 0 bridgehead atoms. The Bertz CT molecular complexity index is 238. The van der Waals surface area contributed by atoms with Crippen LogP contribution in [0.5, 0.6) is 0 Å². The minimum atomic E-state index is -0.449. The number of aliphatic hydroxyl groups excluding tert-OH is 1. The molecule has 14 heavy (non-hydrogen) atoms. The van der Waals surface area contributed by atoms with Crippen LogP contribution in [0.1, 0.15) is 6.92 Å². The molecular weight excluding hydrogens is 178 g/mol. The molecule has 1 aromatic carbocycles. The predicted molar refractivity (Wildman–Crippen MR) is 57.4 cm³/mol. The fourth-order valence-electron chi connectivity index (χ4n) is 1.10. The van der Waals surface area contributed by atoms with Gasteiger partial charge in [-0.15, -0.1) is 0 Å². The lowest BCUT2D eigenvalue weighted by Gasteiger charge is -2.12. The van der Waals surface area contributed by atoms with Gasteiger partial charge < -0.3 is 15.2 Å². The number of aliphatic hydroxyl groups is 1. The molecule has 0 aliphatic heterocycles. The van der Waals surface area contributed by atoms with Crippen LogP contribution in [-0.4, -0.2) is 31.0 Å². The molecule has 0 saturated heterocycles. The van der Waals surface area contributed by atoms with Gasteiger partial charge >= 0.3 is 0 Å². The van der Waals surface area contributed by atoms with Crippen molar-refractivity contribution in [3.05, 3.63) is 30.3 Å². The van der Waals surface area contributed by atoms with E-state index in [9.17, 15) is 5.11 Å². The molecule has 1 rings (SSSR count). The lowest BCUT2D eigenvalue weighted by Crippen LogP contribution is -2.24. The summed E-state index contributed by atoms with van der Waals surface area (Å²) in [5, 5.41) is 12.6. The van der Waals surface area contributed by atoms with Crippen LogP contribution in [0.25, 0.3) is 0 Å². The molecule has 0 saturated carbocycles. The van der Waals surface area contributed by atoms with Crippen molar-refractivity contribution in [3.8, 4) is 0 Å². The van der Waals surface area contributed by atoms with Gasteiger partial charge in [0.05, 0.1) is 12.7 Å². The zero-order valence-electron chi connectivity index (χ0n) is 8.44.